The van der Waals surface area contributed by atoms with E-state index < -0.39 is 5.97 Å². The van der Waals surface area contributed by atoms with Crippen LogP contribution >= 0.6 is 0 Å². The summed E-state index contributed by atoms with van der Waals surface area (Å²) in [5, 5.41) is 0. The number of nitrogens with zero attached hydrogens (tertiary/aromatic N) is 1. The maximum absolute atomic E-state index is 11.8. The number of ether oxygens (including phenoxy) is 1. The number of rotatable bonds is 6. The quantitative estimate of drug-likeness (QED) is 0.757. The molecule has 2 heterocycles. The number of hydrogen-bond donors (Lipinski definition) is 0. The van der Waals surface area contributed by atoms with Gasteiger partial charge in [-0.15, -0.1) is 0 Å². The standard InChI is InChI=1S/C15H19NO4/c1-4-18-15(17)14-13(10(2)3)16-12(20-14)8-7-11-6-5-9-19-11/h5-6,9-10H,4,7-8H2,1-3H3. The molecule has 5 heteroatoms. The van der Waals surface area contributed by atoms with Gasteiger partial charge in [0.25, 0.3) is 0 Å². The second-order valence-corrected chi connectivity index (χ2v) is 4.78. The molecule has 0 aliphatic heterocycles. The Kier molecular flexibility index (Phi) is 4.61. The lowest BCUT2D eigenvalue weighted by atomic mass is 10.1. The summed E-state index contributed by atoms with van der Waals surface area (Å²) in [7, 11) is 0. The fourth-order valence-electron chi connectivity index (χ4n) is 1.90. The molecule has 0 amide bonds. The third-order valence-corrected chi connectivity index (χ3v) is 2.87. The molecule has 2 aromatic heterocycles. The molecule has 0 aromatic carbocycles. The highest BCUT2D eigenvalue weighted by molar-refractivity contribution is 5.87. The molecule has 0 fully saturated rings. The fourth-order valence-corrected chi connectivity index (χ4v) is 1.90. The van der Waals surface area contributed by atoms with Gasteiger partial charge in [0.2, 0.25) is 5.76 Å². The first-order valence-corrected chi connectivity index (χ1v) is 6.81. The van der Waals surface area contributed by atoms with Crippen LogP contribution in [-0.4, -0.2) is 17.6 Å². The average Bonchev–Trinajstić information content (AvgIpc) is 3.06. The number of carbonyl (C=O) groups is 1. The molecular weight excluding hydrogens is 258 g/mol. The first-order chi connectivity index (χ1) is 9.61. The topological polar surface area (TPSA) is 65.5 Å². The van der Waals surface area contributed by atoms with Crippen molar-refractivity contribution in [2.45, 2.75) is 39.5 Å². The largest absolute Gasteiger partial charge is 0.469 e. The van der Waals surface area contributed by atoms with E-state index in [1.54, 1.807) is 13.2 Å². The van der Waals surface area contributed by atoms with E-state index in [-0.39, 0.29) is 11.7 Å². The maximum Gasteiger partial charge on any atom is 0.376 e. The van der Waals surface area contributed by atoms with E-state index in [0.717, 1.165) is 5.76 Å². The zero-order chi connectivity index (χ0) is 14.5. The van der Waals surface area contributed by atoms with Gasteiger partial charge in [-0.3, -0.25) is 0 Å². The van der Waals surface area contributed by atoms with Crippen molar-refractivity contribution in [3.8, 4) is 0 Å². The minimum Gasteiger partial charge on any atom is -0.469 e. The predicted octanol–water partition coefficient (Wildman–Crippen LogP) is 3.35. The summed E-state index contributed by atoms with van der Waals surface area (Å²) < 4.78 is 15.8. The van der Waals surface area contributed by atoms with E-state index in [2.05, 4.69) is 4.98 Å². The van der Waals surface area contributed by atoms with E-state index in [4.69, 9.17) is 13.6 Å². The third kappa shape index (κ3) is 3.29. The lowest BCUT2D eigenvalue weighted by Gasteiger charge is -2.02. The Morgan fingerprint density at radius 2 is 2.20 bits per heavy atom. The molecule has 0 aliphatic rings. The Labute approximate surface area is 117 Å². The van der Waals surface area contributed by atoms with Crippen molar-refractivity contribution in [2.24, 2.45) is 0 Å². The SMILES string of the molecule is CCOC(=O)c1oc(CCc2ccco2)nc1C(C)C. The van der Waals surface area contributed by atoms with Crippen LogP contribution in [0.5, 0.6) is 0 Å². The summed E-state index contributed by atoms with van der Waals surface area (Å²) in [6.45, 7) is 6.02. The van der Waals surface area contributed by atoms with Crippen molar-refractivity contribution in [1.29, 1.82) is 0 Å². The molecule has 2 rings (SSSR count). The molecule has 5 nitrogen and oxygen atoms in total. The summed E-state index contributed by atoms with van der Waals surface area (Å²) >= 11 is 0. The highest BCUT2D eigenvalue weighted by Crippen LogP contribution is 2.22. The van der Waals surface area contributed by atoms with E-state index >= 15 is 0 Å². The van der Waals surface area contributed by atoms with Crippen LogP contribution in [0, 0.1) is 0 Å². The van der Waals surface area contributed by atoms with Crippen molar-refractivity contribution < 1.29 is 18.4 Å². The second kappa shape index (κ2) is 6.41. The summed E-state index contributed by atoms with van der Waals surface area (Å²) in [4.78, 5) is 16.2. The van der Waals surface area contributed by atoms with Gasteiger partial charge in [0.15, 0.2) is 5.89 Å². The Morgan fingerprint density at radius 1 is 1.40 bits per heavy atom. The van der Waals surface area contributed by atoms with Crippen LogP contribution in [0.25, 0.3) is 0 Å². The molecule has 0 atom stereocenters. The Morgan fingerprint density at radius 3 is 2.80 bits per heavy atom. The molecular formula is C15H19NO4. The van der Waals surface area contributed by atoms with Crippen molar-refractivity contribution in [3.63, 3.8) is 0 Å². The molecule has 0 radical (unpaired) electrons. The summed E-state index contributed by atoms with van der Waals surface area (Å²) in [5.74, 6) is 1.28. The number of aromatic nitrogens is 1. The van der Waals surface area contributed by atoms with Gasteiger partial charge in [0.1, 0.15) is 5.76 Å². The zero-order valence-corrected chi connectivity index (χ0v) is 12.0. The van der Waals surface area contributed by atoms with E-state index in [0.29, 0.717) is 31.0 Å². The molecule has 20 heavy (non-hydrogen) atoms. The minimum atomic E-state index is -0.451. The lowest BCUT2D eigenvalue weighted by Crippen LogP contribution is -2.07. The van der Waals surface area contributed by atoms with Gasteiger partial charge in [-0.1, -0.05) is 13.8 Å². The van der Waals surface area contributed by atoms with E-state index in [9.17, 15) is 4.79 Å². The molecule has 0 aliphatic carbocycles. The maximum atomic E-state index is 11.8. The van der Waals surface area contributed by atoms with Gasteiger partial charge in [-0.25, -0.2) is 9.78 Å². The van der Waals surface area contributed by atoms with Gasteiger partial charge in [-0.2, -0.15) is 0 Å². The summed E-state index contributed by atoms with van der Waals surface area (Å²) in [5.41, 5.74) is 0.651. The number of furan rings is 1. The minimum absolute atomic E-state index is 0.107. The Balaban J connectivity index is 2.14. The third-order valence-electron chi connectivity index (χ3n) is 2.87. The summed E-state index contributed by atoms with van der Waals surface area (Å²) in [6, 6.07) is 3.74. The fraction of sp³-hybridized carbons (Fsp3) is 0.467. The van der Waals surface area contributed by atoms with Crippen molar-refractivity contribution in [3.05, 3.63) is 41.5 Å². The molecule has 0 unspecified atom stereocenters. The summed E-state index contributed by atoms with van der Waals surface area (Å²) in [6.07, 6.45) is 2.91. The first-order valence-electron chi connectivity index (χ1n) is 6.81. The number of hydrogen-bond acceptors (Lipinski definition) is 5. The van der Waals surface area contributed by atoms with Gasteiger partial charge in [-0.05, 0) is 25.0 Å². The molecule has 0 saturated heterocycles. The van der Waals surface area contributed by atoms with Crippen molar-refractivity contribution in [2.75, 3.05) is 6.61 Å². The number of esters is 1. The lowest BCUT2D eigenvalue weighted by molar-refractivity contribution is 0.0485. The molecule has 0 saturated carbocycles. The van der Waals surface area contributed by atoms with Crippen molar-refractivity contribution >= 4 is 5.97 Å². The van der Waals surface area contributed by atoms with Crippen LogP contribution in [0.15, 0.2) is 27.2 Å². The number of carbonyl (C=O) groups excluding carboxylic acids is 1. The van der Waals surface area contributed by atoms with Crippen LogP contribution in [0.3, 0.4) is 0 Å². The van der Waals surface area contributed by atoms with Gasteiger partial charge in [0, 0.05) is 12.8 Å². The smallest absolute Gasteiger partial charge is 0.376 e. The van der Waals surface area contributed by atoms with Crippen molar-refractivity contribution in [1.82, 2.24) is 4.98 Å². The monoisotopic (exact) mass is 277 g/mol. The number of aryl methyl sites for hydroxylation is 2. The zero-order valence-electron chi connectivity index (χ0n) is 12.0. The van der Waals surface area contributed by atoms with Crippen LogP contribution < -0.4 is 0 Å². The molecule has 0 bridgehead atoms. The molecule has 2 aromatic rings. The predicted molar refractivity (Wildman–Crippen MR) is 72.7 cm³/mol. The molecule has 108 valence electrons. The van der Waals surface area contributed by atoms with E-state index in [1.807, 2.05) is 26.0 Å². The van der Waals surface area contributed by atoms with Crippen LogP contribution in [-0.2, 0) is 17.6 Å². The first kappa shape index (κ1) is 14.4. The normalized spacial score (nSPS) is 11.0. The van der Waals surface area contributed by atoms with Crippen LogP contribution in [0.1, 0.15) is 54.6 Å². The van der Waals surface area contributed by atoms with Gasteiger partial charge >= 0.3 is 5.97 Å². The average molecular weight is 277 g/mol. The number of oxazole rings is 1. The van der Waals surface area contributed by atoms with Gasteiger partial charge in [0.05, 0.1) is 18.6 Å². The van der Waals surface area contributed by atoms with Gasteiger partial charge < -0.3 is 13.6 Å². The highest BCUT2D eigenvalue weighted by Gasteiger charge is 2.23. The van der Waals surface area contributed by atoms with Crippen LogP contribution in [0.4, 0.5) is 0 Å². The van der Waals surface area contributed by atoms with Crippen LogP contribution in [0.2, 0.25) is 0 Å². The molecule has 0 spiro atoms. The highest BCUT2D eigenvalue weighted by atomic mass is 16.5. The van der Waals surface area contributed by atoms with E-state index in [1.165, 1.54) is 0 Å². The molecule has 0 N–H and O–H groups in total. The Bertz CT molecular complexity index is 554. The second-order valence-electron chi connectivity index (χ2n) is 4.78. The Hall–Kier alpha value is -2.04.